The van der Waals surface area contributed by atoms with E-state index in [2.05, 4.69) is 20.2 Å². The van der Waals surface area contributed by atoms with Gasteiger partial charge in [-0.3, -0.25) is 4.98 Å². The summed E-state index contributed by atoms with van der Waals surface area (Å²) >= 11 is 0. The van der Waals surface area contributed by atoms with Crippen molar-refractivity contribution in [1.82, 2.24) is 15.3 Å². The molecule has 17 heavy (non-hydrogen) atoms. The summed E-state index contributed by atoms with van der Waals surface area (Å²) in [5, 5.41) is 3.32. The highest BCUT2D eigenvalue weighted by atomic mass is 16.3. The molecule has 1 N–H and O–H groups in total. The summed E-state index contributed by atoms with van der Waals surface area (Å²) in [6.45, 7) is 3.92. The van der Waals surface area contributed by atoms with E-state index in [1.165, 1.54) is 0 Å². The Morgan fingerprint density at radius 1 is 1.24 bits per heavy atom. The van der Waals surface area contributed by atoms with Gasteiger partial charge in [0.1, 0.15) is 11.5 Å². The number of hydrogen-bond acceptors (Lipinski definition) is 5. The summed E-state index contributed by atoms with van der Waals surface area (Å²) in [6, 6.07) is 3.75. The lowest BCUT2D eigenvalue weighted by Gasteiger charge is -2.28. The standard InChI is InChI=1S/C12H14N4O/c1-2-11(17-7-1)10-8-14-9-12(15-10)16-5-3-13-4-6-16/h1-2,7-9,13H,3-6H2. The fourth-order valence-electron chi connectivity index (χ4n) is 1.94. The Bertz CT molecular complexity index is 477. The Morgan fingerprint density at radius 3 is 2.88 bits per heavy atom. The molecule has 1 aliphatic rings. The molecule has 0 atom stereocenters. The highest BCUT2D eigenvalue weighted by molar-refractivity contribution is 5.53. The van der Waals surface area contributed by atoms with E-state index in [4.69, 9.17) is 4.42 Å². The van der Waals surface area contributed by atoms with Crippen LogP contribution in [0.2, 0.25) is 0 Å². The molecule has 0 radical (unpaired) electrons. The molecule has 0 saturated carbocycles. The highest BCUT2D eigenvalue weighted by Gasteiger charge is 2.13. The maximum Gasteiger partial charge on any atom is 0.153 e. The van der Waals surface area contributed by atoms with Gasteiger partial charge >= 0.3 is 0 Å². The minimum atomic E-state index is 0.759. The van der Waals surface area contributed by atoms with E-state index in [0.29, 0.717) is 0 Å². The Hall–Kier alpha value is -1.88. The molecule has 0 aliphatic carbocycles. The zero-order valence-electron chi connectivity index (χ0n) is 9.47. The predicted molar refractivity (Wildman–Crippen MR) is 64.8 cm³/mol. The van der Waals surface area contributed by atoms with Crippen LogP contribution in [0, 0.1) is 0 Å². The molecule has 1 aliphatic heterocycles. The third-order valence-corrected chi connectivity index (χ3v) is 2.84. The molecule has 5 nitrogen and oxygen atoms in total. The Morgan fingerprint density at radius 2 is 2.12 bits per heavy atom. The second-order valence-electron chi connectivity index (χ2n) is 3.98. The largest absolute Gasteiger partial charge is 0.463 e. The smallest absolute Gasteiger partial charge is 0.153 e. The first-order valence-electron chi connectivity index (χ1n) is 5.75. The zero-order chi connectivity index (χ0) is 11.5. The van der Waals surface area contributed by atoms with Crippen LogP contribution in [0.4, 0.5) is 5.82 Å². The highest BCUT2D eigenvalue weighted by Crippen LogP contribution is 2.19. The van der Waals surface area contributed by atoms with Gasteiger partial charge in [-0.2, -0.15) is 0 Å². The summed E-state index contributed by atoms with van der Waals surface area (Å²) in [5.41, 5.74) is 0.783. The number of hydrogen-bond donors (Lipinski definition) is 1. The van der Waals surface area contributed by atoms with E-state index in [0.717, 1.165) is 43.5 Å². The quantitative estimate of drug-likeness (QED) is 0.838. The fraction of sp³-hybridized carbons (Fsp3) is 0.333. The number of furan rings is 1. The number of aromatic nitrogens is 2. The normalized spacial score (nSPS) is 16.1. The van der Waals surface area contributed by atoms with Crippen LogP contribution in [0.1, 0.15) is 0 Å². The Kier molecular flexibility index (Phi) is 2.75. The monoisotopic (exact) mass is 230 g/mol. The van der Waals surface area contributed by atoms with Gasteiger partial charge in [-0.15, -0.1) is 0 Å². The average Bonchev–Trinajstić information content (AvgIpc) is 2.94. The predicted octanol–water partition coefficient (Wildman–Crippen LogP) is 1.15. The zero-order valence-corrected chi connectivity index (χ0v) is 9.47. The lowest BCUT2D eigenvalue weighted by Crippen LogP contribution is -2.43. The molecule has 5 heteroatoms. The van der Waals surface area contributed by atoms with E-state index in [1.54, 1.807) is 18.7 Å². The third kappa shape index (κ3) is 2.14. The van der Waals surface area contributed by atoms with Gasteiger partial charge in [-0.1, -0.05) is 0 Å². The van der Waals surface area contributed by atoms with Crippen molar-refractivity contribution >= 4 is 5.82 Å². The topological polar surface area (TPSA) is 54.2 Å². The first-order chi connectivity index (χ1) is 8.43. The van der Waals surface area contributed by atoms with Gasteiger partial charge in [0.05, 0.1) is 18.7 Å². The molecule has 3 rings (SSSR count). The summed E-state index contributed by atoms with van der Waals surface area (Å²) < 4.78 is 5.33. The SMILES string of the molecule is c1coc(-c2cncc(N3CCNCC3)n2)c1. The molecule has 0 unspecified atom stereocenters. The van der Waals surface area contributed by atoms with Gasteiger partial charge in [0.2, 0.25) is 0 Å². The molecule has 0 bridgehead atoms. The minimum Gasteiger partial charge on any atom is -0.463 e. The van der Waals surface area contributed by atoms with E-state index in [-0.39, 0.29) is 0 Å². The van der Waals surface area contributed by atoms with Crippen molar-refractivity contribution in [2.24, 2.45) is 0 Å². The number of nitrogens with zero attached hydrogens (tertiary/aromatic N) is 3. The Labute approximate surface area is 99.5 Å². The van der Waals surface area contributed by atoms with Crippen molar-refractivity contribution in [3.05, 3.63) is 30.8 Å². The van der Waals surface area contributed by atoms with Crippen LogP contribution in [-0.2, 0) is 0 Å². The van der Waals surface area contributed by atoms with Gasteiger partial charge in [0.25, 0.3) is 0 Å². The molecule has 1 saturated heterocycles. The first kappa shape index (κ1) is 10.3. The van der Waals surface area contributed by atoms with Crippen molar-refractivity contribution in [3.8, 4) is 11.5 Å². The lowest BCUT2D eigenvalue weighted by atomic mass is 10.3. The lowest BCUT2D eigenvalue weighted by molar-refractivity contribution is 0.575. The van der Waals surface area contributed by atoms with Crippen molar-refractivity contribution in [2.75, 3.05) is 31.1 Å². The van der Waals surface area contributed by atoms with Gasteiger partial charge in [-0.05, 0) is 12.1 Å². The van der Waals surface area contributed by atoms with Crippen LogP contribution in [0.15, 0.2) is 35.2 Å². The van der Waals surface area contributed by atoms with Crippen molar-refractivity contribution in [3.63, 3.8) is 0 Å². The van der Waals surface area contributed by atoms with Crippen molar-refractivity contribution < 1.29 is 4.42 Å². The summed E-state index contributed by atoms with van der Waals surface area (Å²) in [5.74, 6) is 1.68. The van der Waals surface area contributed by atoms with Crippen LogP contribution in [-0.4, -0.2) is 36.1 Å². The molecular weight excluding hydrogens is 216 g/mol. The van der Waals surface area contributed by atoms with Crippen LogP contribution in [0.25, 0.3) is 11.5 Å². The molecule has 88 valence electrons. The molecule has 0 aromatic carbocycles. The maximum absolute atomic E-state index is 5.33. The van der Waals surface area contributed by atoms with E-state index in [1.807, 2.05) is 12.1 Å². The van der Waals surface area contributed by atoms with Crippen LogP contribution in [0.3, 0.4) is 0 Å². The van der Waals surface area contributed by atoms with Crippen molar-refractivity contribution in [1.29, 1.82) is 0 Å². The fourth-order valence-corrected chi connectivity index (χ4v) is 1.94. The summed E-state index contributed by atoms with van der Waals surface area (Å²) in [7, 11) is 0. The molecule has 2 aromatic rings. The van der Waals surface area contributed by atoms with Gasteiger partial charge in [0.15, 0.2) is 5.76 Å². The second-order valence-corrected chi connectivity index (χ2v) is 3.98. The molecule has 3 heterocycles. The number of nitrogens with one attached hydrogen (secondary N) is 1. The van der Waals surface area contributed by atoms with Crippen LogP contribution in [0.5, 0.6) is 0 Å². The average molecular weight is 230 g/mol. The number of anilines is 1. The first-order valence-corrected chi connectivity index (χ1v) is 5.75. The molecule has 1 fully saturated rings. The molecule has 2 aromatic heterocycles. The van der Waals surface area contributed by atoms with Crippen LogP contribution >= 0.6 is 0 Å². The minimum absolute atomic E-state index is 0.759. The Balaban J connectivity index is 1.88. The number of rotatable bonds is 2. The van der Waals surface area contributed by atoms with Crippen molar-refractivity contribution in [2.45, 2.75) is 0 Å². The van der Waals surface area contributed by atoms with Gasteiger partial charge < -0.3 is 14.6 Å². The molecule has 0 amide bonds. The van der Waals surface area contributed by atoms with E-state index in [9.17, 15) is 0 Å². The number of piperazine rings is 1. The summed E-state index contributed by atoms with van der Waals surface area (Å²) in [6.07, 6.45) is 5.18. The van der Waals surface area contributed by atoms with Gasteiger partial charge in [-0.25, -0.2) is 4.98 Å². The van der Waals surface area contributed by atoms with E-state index >= 15 is 0 Å². The molecule has 0 spiro atoms. The van der Waals surface area contributed by atoms with E-state index < -0.39 is 0 Å². The third-order valence-electron chi connectivity index (χ3n) is 2.84. The summed E-state index contributed by atoms with van der Waals surface area (Å²) in [4.78, 5) is 11.0. The second kappa shape index (κ2) is 4.55. The molecular formula is C12H14N4O. The van der Waals surface area contributed by atoms with Gasteiger partial charge in [0, 0.05) is 26.2 Å². The van der Waals surface area contributed by atoms with Crippen LogP contribution < -0.4 is 10.2 Å². The maximum atomic E-state index is 5.33.